The summed E-state index contributed by atoms with van der Waals surface area (Å²) in [5.41, 5.74) is 2.20. The number of hydrogen-bond donors (Lipinski definition) is 2. The van der Waals surface area contributed by atoms with Crippen LogP contribution < -0.4 is 20.1 Å². The lowest BCUT2D eigenvalue weighted by molar-refractivity contribution is -0.119. The number of nitrogens with one attached hydrogen (secondary N) is 2. The first-order valence-electron chi connectivity index (χ1n) is 9.42. The van der Waals surface area contributed by atoms with Crippen molar-refractivity contribution < 1.29 is 19.1 Å². The van der Waals surface area contributed by atoms with Crippen molar-refractivity contribution in [1.82, 2.24) is 4.90 Å². The molecule has 0 bridgehead atoms. The number of rotatable bonds is 7. The van der Waals surface area contributed by atoms with Crippen molar-refractivity contribution in [2.75, 3.05) is 43.5 Å². The number of likely N-dealkylation sites (N-methyl/N-ethyl adjacent to an activating group) is 1. The summed E-state index contributed by atoms with van der Waals surface area (Å²) in [6.07, 6.45) is 0. The highest BCUT2D eigenvalue weighted by Gasteiger charge is 2.16. The molecule has 1 heterocycles. The Kier molecular flexibility index (Phi) is 6.95. The fourth-order valence-electron chi connectivity index (χ4n) is 2.93. The lowest BCUT2D eigenvalue weighted by Gasteiger charge is -2.21. The minimum absolute atomic E-state index is 0.0902. The number of carbonyl (C=O) groups excluding carboxylic acids is 2. The van der Waals surface area contributed by atoms with Gasteiger partial charge in [-0.15, -0.1) is 0 Å². The SMILES string of the molecule is CCN(CC(=O)Nc1ccc2c(c1)OCCO2)CC(=O)Nc1cc(Cl)ccc1C. The Balaban J connectivity index is 1.54. The molecule has 2 aromatic rings. The summed E-state index contributed by atoms with van der Waals surface area (Å²) in [5, 5.41) is 6.23. The molecule has 0 atom stereocenters. The summed E-state index contributed by atoms with van der Waals surface area (Å²) in [7, 11) is 0. The number of benzene rings is 2. The molecule has 7 nitrogen and oxygen atoms in total. The lowest BCUT2D eigenvalue weighted by atomic mass is 10.2. The minimum atomic E-state index is -0.213. The molecule has 0 unspecified atom stereocenters. The predicted molar refractivity (Wildman–Crippen MR) is 113 cm³/mol. The van der Waals surface area contributed by atoms with E-state index in [9.17, 15) is 9.59 Å². The molecule has 0 spiro atoms. The van der Waals surface area contributed by atoms with Crippen LogP contribution in [0, 0.1) is 6.92 Å². The third kappa shape index (κ3) is 5.85. The Bertz CT molecular complexity index is 903. The van der Waals surface area contributed by atoms with Crippen LogP contribution in [0.15, 0.2) is 36.4 Å². The van der Waals surface area contributed by atoms with Crippen molar-refractivity contribution in [3.05, 3.63) is 47.0 Å². The molecule has 0 aliphatic carbocycles. The number of halogens is 1. The molecule has 154 valence electrons. The van der Waals surface area contributed by atoms with Gasteiger partial charge in [0.1, 0.15) is 13.2 Å². The molecule has 3 rings (SSSR count). The Morgan fingerprint density at radius 3 is 2.41 bits per heavy atom. The summed E-state index contributed by atoms with van der Waals surface area (Å²) in [4.78, 5) is 26.6. The van der Waals surface area contributed by atoms with E-state index in [1.54, 1.807) is 35.2 Å². The molecule has 0 fully saturated rings. The normalized spacial score (nSPS) is 12.6. The smallest absolute Gasteiger partial charge is 0.238 e. The van der Waals surface area contributed by atoms with Gasteiger partial charge in [0.2, 0.25) is 11.8 Å². The van der Waals surface area contributed by atoms with E-state index in [2.05, 4.69) is 10.6 Å². The Morgan fingerprint density at radius 2 is 1.69 bits per heavy atom. The zero-order chi connectivity index (χ0) is 20.8. The first kappa shape index (κ1) is 21.0. The van der Waals surface area contributed by atoms with E-state index in [1.165, 1.54) is 0 Å². The van der Waals surface area contributed by atoms with Crippen LogP contribution in [0.4, 0.5) is 11.4 Å². The monoisotopic (exact) mass is 417 g/mol. The van der Waals surface area contributed by atoms with Gasteiger partial charge in [0.15, 0.2) is 11.5 Å². The van der Waals surface area contributed by atoms with Gasteiger partial charge in [0.05, 0.1) is 13.1 Å². The topological polar surface area (TPSA) is 79.9 Å². The van der Waals surface area contributed by atoms with Crippen LogP contribution in [0.5, 0.6) is 11.5 Å². The first-order valence-corrected chi connectivity index (χ1v) is 9.80. The molecule has 1 aliphatic rings. The minimum Gasteiger partial charge on any atom is -0.486 e. The molecule has 29 heavy (non-hydrogen) atoms. The molecule has 0 saturated heterocycles. The fourth-order valence-corrected chi connectivity index (χ4v) is 3.10. The van der Waals surface area contributed by atoms with Crippen molar-refractivity contribution in [3.8, 4) is 11.5 Å². The molecule has 0 aromatic heterocycles. The molecule has 2 amide bonds. The zero-order valence-electron chi connectivity index (χ0n) is 16.5. The van der Waals surface area contributed by atoms with Crippen LogP contribution >= 0.6 is 11.6 Å². The highest BCUT2D eigenvalue weighted by molar-refractivity contribution is 6.31. The molecule has 2 aromatic carbocycles. The number of anilines is 2. The number of amides is 2. The van der Waals surface area contributed by atoms with Crippen LogP contribution in [0.2, 0.25) is 5.02 Å². The maximum Gasteiger partial charge on any atom is 0.238 e. The van der Waals surface area contributed by atoms with E-state index in [-0.39, 0.29) is 24.9 Å². The van der Waals surface area contributed by atoms with Crippen LogP contribution in [-0.2, 0) is 9.59 Å². The average Bonchev–Trinajstić information content (AvgIpc) is 2.70. The van der Waals surface area contributed by atoms with Gasteiger partial charge < -0.3 is 20.1 Å². The third-order valence-electron chi connectivity index (χ3n) is 4.48. The van der Waals surface area contributed by atoms with Gasteiger partial charge in [-0.25, -0.2) is 0 Å². The van der Waals surface area contributed by atoms with Crippen LogP contribution in [-0.4, -0.2) is 49.6 Å². The summed E-state index contributed by atoms with van der Waals surface area (Å²) in [5.74, 6) is 0.856. The van der Waals surface area contributed by atoms with E-state index in [0.717, 1.165) is 5.56 Å². The van der Waals surface area contributed by atoms with Gasteiger partial charge in [0, 0.05) is 22.5 Å². The predicted octanol–water partition coefficient (Wildman–Crippen LogP) is 3.32. The average molecular weight is 418 g/mol. The highest BCUT2D eigenvalue weighted by Crippen LogP contribution is 2.32. The Morgan fingerprint density at radius 1 is 1.00 bits per heavy atom. The van der Waals surface area contributed by atoms with Gasteiger partial charge in [-0.2, -0.15) is 0 Å². The summed E-state index contributed by atoms with van der Waals surface area (Å²) >= 11 is 5.99. The lowest BCUT2D eigenvalue weighted by Crippen LogP contribution is -2.38. The van der Waals surface area contributed by atoms with Crippen molar-refractivity contribution >= 4 is 34.8 Å². The first-order chi connectivity index (χ1) is 13.9. The maximum absolute atomic E-state index is 12.4. The van der Waals surface area contributed by atoms with Crippen LogP contribution in [0.25, 0.3) is 0 Å². The molecule has 1 aliphatic heterocycles. The molecular formula is C21H24ClN3O4. The van der Waals surface area contributed by atoms with E-state index >= 15 is 0 Å². The van der Waals surface area contributed by atoms with Crippen LogP contribution in [0.3, 0.4) is 0 Å². The molecule has 0 radical (unpaired) electrons. The number of fused-ring (bicyclic) bond motifs is 1. The standard InChI is InChI=1S/C21H24ClN3O4/c1-3-25(13-21(27)24-17-10-15(22)5-4-14(17)2)12-20(26)23-16-6-7-18-19(11-16)29-9-8-28-18/h4-7,10-11H,3,8-9,12-13H2,1-2H3,(H,23,26)(H,24,27). The summed E-state index contributed by atoms with van der Waals surface area (Å²) in [6.45, 7) is 5.52. The van der Waals surface area contributed by atoms with Gasteiger partial charge in [-0.1, -0.05) is 24.6 Å². The summed E-state index contributed by atoms with van der Waals surface area (Å²) < 4.78 is 11.0. The van der Waals surface area contributed by atoms with E-state index in [4.69, 9.17) is 21.1 Å². The zero-order valence-corrected chi connectivity index (χ0v) is 17.2. The molecule has 0 saturated carbocycles. The van der Waals surface area contributed by atoms with Crippen molar-refractivity contribution in [2.45, 2.75) is 13.8 Å². The largest absolute Gasteiger partial charge is 0.486 e. The van der Waals surface area contributed by atoms with Gasteiger partial charge in [0.25, 0.3) is 0 Å². The van der Waals surface area contributed by atoms with Gasteiger partial charge >= 0.3 is 0 Å². The maximum atomic E-state index is 12.4. The number of hydrogen-bond acceptors (Lipinski definition) is 5. The van der Waals surface area contributed by atoms with E-state index < -0.39 is 0 Å². The Hall–Kier alpha value is -2.77. The number of nitrogens with zero attached hydrogens (tertiary/aromatic N) is 1. The molecule has 8 heteroatoms. The highest BCUT2D eigenvalue weighted by atomic mass is 35.5. The van der Waals surface area contributed by atoms with Crippen molar-refractivity contribution in [1.29, 1.82) is 0 Å². The summed E-state index contributed by atoms with van der Waals surface area (Å²) in [6, 6.07) is 10.6. The fraction of sp³-hybridized carbons (Fsp3) is 0.333. The van der Waals surface area contributed by atoms with Crippen molar-refractivity contribution in [3.63, 3.8) is 0 Å². The third-order valence-corrected chi connectivity index (χ3v) is 4.72. The quantitative estimate of drug-likeness (QED) is 0.722. The number of aryl methyl sites for hydroxylation is 1. The Labute approximate surface area is 174 Å². The second-order valence-electron chi connectivity index (χ2n) is 6.72. The number of carbonyl (C=O) groups is 2. The van der Waals surface area contributed by atoms with Gasteiger partial charge in [-0.05, 0) is 43.3 Å². The molecule has 2 N–H and O–H groups in total. The van der Waals surface area contributed by atoms with E-state index in [0.29, 0.717) is 47.7 Å². The second-order valence-corrected chi connectivity index (χ2v) is 7.15. The van der Waals surface area contributed by atoms with Crippen molar-refractivity contribution in [2.24, 2.45) is 0 Å². The van der Waals surface area contributed by atoms with Crippen LogP contribution in [0.1, 0.15) is 12.5 Å². The molecular weight excluding hydrogens is 394 g/mol. The number of ether oxygens (including phenoxy) is 2. The second kappa shape index (κ2) is 9.62. The van der Waals surface area contributed by atoms with E-state index in [1.807, 2.05) is 19.9 Å². The van der Waals surface area contributed by atoms with Gasteiger partial charge in [-0.3, -0.25) is 14.5 Å².